The maximum atomic E-state index is 9.16. The lowest BCUT2D eigenvalue weighted by Gasteiger charge is -2.21. The van der Waals surface area contributed by atoms with Crippen molar-refractivity contribution in [3.05, 3.63) is 29.8 Å². The molecule has 1 aromatic carbocycles. The van der Waals surface area contributed by atoms with E-state index in [9.17, 15) is 0 Å². The minimum Gasteiger partial charge on any atom is -0.508 e. The van der Waals surface area contributed by atoms with Gasteiger partial charge in [-0.2, -0.15) is 0 Å². The Labute approximate surface area is 90.9 Å². The highest BCUT2D eigenvalue weighted by Crippen LogP contribution is 2.21. The van der Waals surface area contributed by atoms with Crippen molar-refractivity contribution in [2.24, 2.45) is 5.92 Å². The van der Waals surface area contributed by atoms with Gasteiger partial charge >= 0.3 is 0 Å². The van der Waals surface area contributed by atoms with E-state index in [1.807, 2.05) is 12.1 Å². The minimum absolute atomic E-state index is 0.352. The molecule has 0 atom stereocenters. The molecule has 0 bridgehead atoms. The van der Waals surface area contributed by atoms with E-state index in [0.29, 0.717) is 5.75 Å². The van der Waals surface area contributed by atoms with Crippen LogP contribution in [0.3, 0.4) is 0 Å². The molecule has 2 nitrogen and oxygen atoms in total. The van der Waals surface area contributed by atoms with Gasteiger partial charge in [0.25, 0.3) is 0 Å². The molecule has 1 heterocycles. The SMILES string of the molecule is Oc1ccc(CCC2CCOCC2)cc1. The van der Waals surface area contributed by atoms with E-state index in [2.05, 4.69) is 0 Å². The molecule has 1 fully saturated rings. The van der Waals surface area contributed by atoms with Crippen LogP contribution in [-0.4, -0.2) is 18.3 Å². The van der Waals surface area contributed by atoms with Crippen LogP contribution in [0.2, 0.25) is 0 Å². The molecule has 1 aromatic rings. The third-order valence-corrected chi connectivity index (χ3v) is 3.12. The van der Waals surface area contributed by atoms with Gasteiger partial charge in [-0.25, -0.2) is 0 Å². The van der Waals surface area contributed by atoms with Gasteiger partial charge in [-0.05, 0) is 49.3 Å². The summed E-state index contributed by atoms with van der Waals surface area (Å²) in [6, 6.07) is 7.54. The minimum atomic E-state index is 0.352. The molecule has 15 heavy (non-hydrogen) atoms. The van der Waals surface area contributed by atoms with Crippen molar-refractivity contribution in [2.75, 3.05) is 13.2 Å². The van der Waals surface area contributed by atoms with E-state index in [1.54, 1.807) is 12.1 Å². The lowest BCUT2D eigenvalue weighted by molar-refractivity contribution is 0.0640. The van der Waals surface area contributed by atoms with Gasteiger partial charge in [-0.1, -0.05) is 12.1 Å². The molecule has 2 heteroatoms. The van der Waals surface area contributed by atoms with E-state index in [1.165, 1.54) is 24.8 Å². The van der Waals surface area contributed by atoms with Crippen molar-refractivity contribution in [2.45, 2.75) is 25.7 Å². The molecule has 0 unspecified atom stereocenters. The van der Waals surface area contributed by atoms with Gasteiger partial charge in [0.05, 0.1) is 0 Å². The van der Waals surface area contributed by atoms with Crippen molar-refractivity contribution < 1.29 is 9.84 Å². The van der Waals surface area contributed by atoms with Crippen molar-refractivity contribution in [1.29, 1.82) is 0 Å². The Bertz CT molecular complexity index is 286. The molecule has 0 amide bonds. The van der Waals surface area contributed by atoms with E-state index in [4.69, 9.17) is 9.84 Å². The zero-order chi connectivity index (χ0) is 10.5. The van der Waals surface area contributed by atoms with Gasteiger partial charge in [-0.15, -0.1) is 0 Å². The monoisotopic (exact) mass is 206 g/mol. The van der Waals surface area contributed by atoms with Gasteiger partial charge < -0.3 is 9.84 Å². The van der Waals surface area contributed by atoms with Crippen LogP contribution in [0.25, 0.3) is 0 Å². The first kappa shape index (κ1) is 10.5. The number of aromatic hydroxyl groups is 1. The number of hydrogen-bond donors (Lipinski definition) is 1. The largest absolute Gasteiger partial charge is 0.508 e. The predicted octanol–water partition coefficient (Wildman–Crippen LogP) is 2.75. The fourth-order valence-electron chi connectivity index (χ4n) is 2.07. The van der Waals surface area contributed by atoms with Crippen molar-refractivity contribution in [1.82, 2.24) is 0 Å². The number of hydrogen-bond acceptors (Lipinski definition) is 2. The van der Waals surface area contributed by atoms with Crippen LogP contribution < -0.4 is 0 Å². The van der Waals surface area contributed by atoms with E-state index >= 15 is 0 Å². The Kier molecular flexibility index (Phi) is 3.62. The standard InChI is InChI=1S/C13H18O2/c14-13-5-3-11(4-6-13)1-2-12-7-9-15-10-8-12/h3-6,12,14H,1-2,7-10H2. The average molecular weight is 206 g/mol. The summed E-state index contributed by atoms with van der Waals surface area (Å²) < 4.78 is 5.33. The van der Waals surface area contributed by atoms with Crippen LogP contribution >= 0.6 is 0 Å². The molecule has 0 aliphatic carbocycles. The topological polar surface area (TPSA) is 29.5 Å². The molecule has 1 aliphatic heterocycles. The highest BCUT2D eigenvalue weighted by atomic mass is 16.5. The third-order valence-electron chi connectivity index (χ3n) is 3.12. The second-order valence-corrected chi connectivity index (χ2v) is 4.26. The molecule has 82 valence electrons. The van der Waals surface area contributed by atoms with Crippen LogP contribution in [0.4, 0.5) is 0 Å². The molecular formula is C13H18O2. The molecule has 1 saturated heterocycles. The summed E-state index contributed by atoms with van der Waals surface area (Å²) in [5.74, 6) is 1.18. The summed E-state index contributed by atoms with van der Waals surface area (Å²) in [6.45, 7) is 1.86. The van der Waals surface area contributed by atoms with Gasteiger partial charge in [0, 0.05) is 13.2 Å². The fourth-order valence-corrected chi connectivity index (χ4v) is 2.07. The summed E-state index contributed by atoms with van der Waals surface area (Å²) in [5.41, 5.74) is 1.32. The number of ether oxygens (including phenoxy) is 1. The summed E-state index contributed by atoms with van der Waals surface area (Å²) in [7, 11) is 0. The zero-order valence-electron chi connectivity index (χ0n) is 8.98. The highest BCUT2D eigenvalue weighted by molar-refractivity contribution is 5.25. The van der Waals surface area contributed by atoms with Gasteiger partial charge in [0.1, 0.15) is 5.75 Å². The van der Waals surface area contributed by atoms with Gasteiger partial charge in [-0.3, -0.25) is 0 Å². The number of aryl methyl sites for hydroxylation is 1. The Morgan fingerprint density at radius 3 is 2.47 bits per heavy atom. The maximum absolute atomic E-state index is 9.16. The number of benzene rings is 1. The van der Waals surface area contributed by atoms with Crippen LogP contribution in [0.1, 0.15) is 24.8 Å². The molecular weight excluding hydrogens is 188 g/mol. The fraction of sp³-hybridized carbons (Fsp3) is 0.538. The van der Waals surface area contributed by atoms with E-state index < -0.39 is 0 Å². The average Bonchev–Trinajstić information content (AvgIpc) is 2.30. The highest BCUT2D eigenvalue weighted by Gasteiger charge is 2.13. The smallest absolute Gasteiger partial charge is 0.115 e. The Hall–Kier alpha value is -1.02. The lowest BCUT2D eigenvalue weighted by Crippen LogP contribution is -2.16. The zero-order valence-corrected chi connectivity index (χ0v) is 8.98. The maximum Gasteiger partial charge on any atom is 0.115 e. The first-order valence-electron chi connectivity index (χ1n) is 5.70. The van der Waals surface area contributed by atoms with Crippen LogP contribution in [0.15, 0.2) is 24.3 Å². The molecule has 1 aliphatic rings. The van der Waals surface area contributed by atoms with Gasteiger partial charge in [0.2, 0.25) is 0 Å². The van der Waals surface area contributed by atoms with Crippen LogP contribution in [-0.2, 0) is 11.2 Å². The van der Waals surface area contributed by atoms with Crippen molar-refractivity contribution in [3.8, 4) is 5.75 Å². The second kappa shape index (κ2) is 5.17. The normalized spacial score (nSPS) is 17.9. The Morgan fingerprint density at radius 2 is 1.80 bits per heavy atom. The molecule has 0 spiro atoms. The van der Waals surface area contributed by atoms with Crippen LogP contribution in [0.5, 0.6) is 5.75 Å². The van der Waals surface area contributed by atoms with Crippen LogP contribution in [0, 0.1) is 5.92 Å². The van der Waals surface area contributed by atoms with E-state index in [-0.39, 0.29) is 0 Å². The molecule has 1 N–H and O–H groups in total. The Balaban J connectivity index is 1.79. The first-order valence-corrected chi connectivity index (χ1v) is 5.70. The third kappa shape index (κ3) is 3.24. The summed E-state index contributed by atoms with van der Waals surface area (Å²) in [4.78, 5) is 0. The number of phenols is 1. The van der Waals surface area contributed by atoms with Gasteiger partial charge in [0.15, 0.2) is 0 Å². The quantitative estimate of drug-likeness (QED) is 0.824. The molecule has 0 radical (unpaired) electrons. The molecule has 0 saturated carbocycles. The number of rotatable bonds is 3. The van der Waals surface area contributed by atoms with Crippen molar-refractivity contribution >= 4 is 0 Å². The molecule has 0 aromatic heterocycles. The first-order chi connectivity index (χ1) is 7.34. The second-order valence-electron chi connectivity index (χ2n) is 4.26. The van der Waals surface area contributed by atoms with E-state index in [0.717, 1.165) is 25.6 Å². The molecule has 2 rings (SSSR count). The van der Waals surface area contributed by atoms with Crippen molar-refractivity contribution in [3.63, 3.8) is 0 Å². The number of phenolic OH excluding ortho intramolecular Hbond substituents is 1. The summed E-state index contributed by atoms with van der Waals surface area (Å²) >= 11 is 0. The summed E-state index contributed by atoms with van der Waals surface area (Å²) in [6.07, 6.45) is 4.77. The predicted molar refractivity (Wildman–Crippen MR) is 60.0 cm³/mol. The lowest BCUT2D eigenvalue weighted by atomic mass is 9.93. The summed E-state index contributed by atoms with van der Waals surface area (Å²) in [5, 5.41) is 9.16. The Morgan fingerprint density at radius 1 is 1.13 bits per heavy atom.